The molecule has 0 spiro atoms. The van der Waals surface area contributed by atoms with Gasteiger partial charge in [-0.15, -0.1) is 21.5 Å². The van der Waals surface area contributed by atoms with Gasteiger partial charge in [0.15, 0.2) is 5.11 Å². The maximum Gasteiger partial charge on any atom is 0.250 e. The molecule has 5 nitrogen and oxygen atoms in total. The van der Waals surface area contributed by atoms with E-state index in [9.17, 15) is 4.79 Å². The van der Waals surface area contributed by atoms with Crippen LogP contribution in [0.25, 0.3) is 6.08 Å². The highest BCUT2D eigenvalue weighted by Crippen LogP contribution is 2.15. The average Bonchev–Trinajstić information content (AvgIpc) is 3.06. The molecule has 2 heterocycles. The number of nitrogens with zero attached hydrogens (tertiary/aromatic N) is 2. The molecule has 0 fully saturated rings. The lowest BCUT2D eigenvalue weighted by molar-refractivity contribution is -0.115. The van der Waals surface area contributed by atoms with Gasteiger partial charge in [-0.05, 0) is 36.2 Å². The monoisotopic (exact) mass is 324 g/mol. The molecule has 0 aromatic carbocycles. The van der Waals surface area contributed by atoms with Gasteiger partial charge in [-0.2, -0.15) is 0 Å². The van der Waals surface area contributed by atoms with Crippen molar-refractivity contribution in [2.24, 2.45) is 0 Å². The van der Waals surface area contributed by atoms with Crippen molar-refractivity contribution in [2.45, 2.75) is 13.3 Å². The maximum absolute atomic E-state index is 11.6. The van der Waals surface area contributed by atoms with Crippen LogP contribution < -0.4 is 10.6 Å². The van der Waals surface area contributed by atoms with Gasteiger partial charge in [0.1, 0.15) is 5.01 Å². The van der Waals surface area contributed by atoms with Crippen LogP contribution in [-0.2, 0) is 11.2 Å². The van der Waals surface area contributed by atoms with Gasteiger partial charge in [-0.25, -0.2) is 0 Å². The fraction of sp³-hybridized carbons (Fsp3) is 0.167. The van der Waals surface area contributed by atoms with Crippen molar-refractivity contribution in [1.82, 2.24) is 15.5 Å². The lowest BCUT2D eigenvalue weighted by Crippen LogP contribution is -2.32. The van der Waals surface area contributed by atoms with Gasteiger partial charge in [-0.1, -0.05) is 24.3 Å². The topological polar surface area (TPSA) is 66.9 Å². The molecule has 20 heavy (non-hydrogen) atoms. The average molecular weight is 324 g/mol. The van der Waals surface area contributed by atoms with E-state index in [0.29, 0.717) is 5.13 Å². The smallest absolute Gasteiger partial charge is 0.250 e. The van der Waals surface area contributed by atoms with Crippen molar-refractivity contribution in [3.63, 3.8) is 0 Å². The molecular formula is C12H12N4OS3. The Hall–Kier alpha value is -1.64. The van der Waals surface area contributed by atoms with Crippen LogP contribution >= 0.6 is 34.9 Å². The Morgan fingerprint density at radius 1 is 1.50 bits per heavy atom. The third kappa shape index (κ3) is 4.48. The first-order valence-electron chi connectivity index (χ1n) is 5.83. The second kappa shape index (κ2) is 7.22. The van der Waals surface area contributed by atoms with Gasteiger partial charge >= 0.3 is 0 Å². The molecule has 0 aliphatic rings. The number of amides is 1. The standard InChI is InChI=1S/C12H12N4OS3/c1-2-10-15-16-12(20-10)14-11(18)13-9(17)6-5-8-4-3-7-19-8/h3-7H,2H2,1H3,(H2,13,14,16,17,18)/b6-5+. The molecule has 2 N–H and O–H groups in total. The number of hydrogen-bond acceptors (Lipinski definition) is 6. The number of carbonyl (C=O) groups excluding carboxylic acids is 1. The lowest BCUT2D eigenvalue weighted by atomic mass is 10.4. The van der Waals surface area contributed by atoms with Gasteiger partial charge in [0, 0.05) is 11.0 Å². The molecule has 1 amide bonds. The van der Waals surface area contributed by atoms with Crippen molar-refractivity contribution < 1.29 is 4.79 Å². The van der Waals surface area contributed by atoms with Crippen molar-refractivity contribution in [2.75, 3.05) is 5.32 Å². The number of thiocarbonyl (C=S) groups is 1. The van der Waals surface area contributed by atoms with Crippen LogP contribution in [0, 0.1) is 0 Å². The number of aromatic nitrogens is 2. The van der Waals surface area contributed by atoms with E-state index in [0.717, 1.165) is 16.3 Å². The number of aryl methyl sites for hydroxylation is 1. The van der Waals surface area contributed by atoms with Crippen LogP contribution in [0.4, 0.5) is 5.13 Å². The van der Waals surface area contributed by atoms with E-state index in [2.05, 4.69) is 20.8 Å². The van der Waals surface area contributed by atoms with E-state index in [4.69, 9.17) is 12.2 Å². The number of rotatable bonds is 4. The first-order valence-corrected chi connectivity index (χ1v) is 7.93. The minimum Gasteiger partial charge on any atom is -0.307 e. The highest BCUT2D eigenvalue weighted by molar-refractivity contribution is 7.80. The van der Waals surface area contributed by atoms with Gasteiger partial charge in [0.2, 0.25) is 11.0 Å². The first kappa shape index (κ1) is 14.8. The van der Waals surface area contributed by atoms with Crippen molar-refractivity contribution in [3.8, 4) is 0 Å². The Labute approximate surface area is 129 Å². The third-order valence-corrected chi connectivity index (χ3v) is 4.19. The molecule has 0 saturated carbocycles. The van der Waals surface area contributed by atoms with Crippen molar-refractivity contribution >= 4 is 57.1 Å². The van der Waals surface area contributed by atoms with E-state index in [1.54, 1.807) is 17.4 Å². The minimum absolute atomic E-state index is 0.213. The van der Waals surface area contributed by atoms with Gasteiger partial charge in [0.05, 0.1) is 0 Å². The lowest BCUT2D eigenvalue weighted by Gasteiger charge is -2.03. The zero-order valence-corrected chi connectivity index (χ0v) is 13.1. The summed E-state index contributed by atoms with van der Waals surface area (Å²) >= 11 is 8.01. The summed E-state index contributed by atoms with van der Waals surface area (Å²) in [6.45, 7) is 2.00. The third-order valence-electron chi connectivity index (χ3n) is 2.17. The number of nitrogens with one attached hydrogen (secondary N) is 2. The second-order valence-electron chi connectivity index (χ2n) is 3.65. The number of carbonyl (C=O) groups is 1. The predicted molar refractivity (Wildman–Crippen MR) is 87.0 cm³/mol. The van der Waals surface area contributed by atoms with E-state index in [-0.39, 0.29) is 11.0 Å². The molecule has 0 bridgehead atoms. The number of hydrogen-bond donors (Lipinski definition) is 2. The van der Waals surface area contributed by atoms with Crippen molar-refractivity contribution in [3.05, 3.63) is 33.5 Å². The van der Waals surface area contributed by atoms with Gasteiger partial charge in [-0.3, -0.25) is 10.1 Å². The first-order chi connectivity index (χ1) is 9.67. The molecule has 2 aromatic rings. The summed E-state index contributed by atoms with van der Waals surface area (Å²) in [6, 6.07) is 3.85. The molecule has 8 heteroatoms. The summed E-state index contributed by atoms with van der Waals surface area (Å²) in [4.78, 5) is 12.7. The molecule has 0 saturated heterocycles. The van der Waals surface area contributed by atoms with Crippen LogP contribution in [0.15, 0.2) is 23.6 Å². The Bertz CT molecular complexity index is 618. The van der Waals surface area contributed by atoms with Crippen LogP contribution in [0.2, 0.25) is 0 Å². The SMILES string of the molecule is CCc1nnc(NC(=S)NC(=O)/C=C/c2cccs2)s1. The van der Waals surface area contributed by atoms with Crippen molar-refractivity contribution in [1.29, 1.82) is 0 Å². The van der Waals surface area contributed by atoms with E-state index < -0.39 is 0 Å². The molecule has 2 rings (SSSR count). The summed E-state index contributed by atoms with van der Waals surface area (Å²) in [5.41, 5.74) is 0. The minimum atomic E-state index is -0.281. The quantitative estimate of drug-likeness (QED) is 0.668. The number of thiophene rings is 1. The van der Waals surface area contributed by atoms with Gasteiger partial charge < -0.3 is 5.32 Å². The molecule has 0 radical (unpaired) electrons. The summed E-state index contributed by atoms with van der Waals surface area (Å²) in [6.07, 6.45) is 4.00. The Morgan fingerprint density at radius 2 is 2.35 bits per heavy atom. The number of anilines is 1. The molecule has 0 atom stereocenters. The molecule has 104 valence electrons. The summed E-state index contributed by atoms with van der Waals surface area (Å²) in [7, 11) is 0. The Kier molecular flexibility index (Phi) is 5.33. The second-order valence-corrected chi connectivity index (χ2v) is 6.10. The summed E-state index contributed by atoms with van der Waals surface area (Å²) < 4.78 is 0. The normalized spacial score (nSPS) is 10.7. The maximum atomic E-state index is 11.6. The van der Waals surface area contributed by atoms with E-state index in [1.807, 2.05) is 24.4 Å². The Morgan fingerprint density at radius 3 is 3.00 bits per heavy atom. The highest BCUT2D eigenvalue weighted by Gasteiger charge is 2.06. The fourth-order valence-electron chi connectivity index (χ4n) is 1.27. The van der Waals surface area contributed by atoms with Crippen LogP contribution in [0.1, 0.15) is 16.8 Å². The molecule has 0 unspecified atom stereocenters. The van der Waals surface area contributed by atoms with E-state index >= 15 is 0 Å². The van der Waals surface area contributed by atoms with Gasteiger partial charge in [0.25, 0.3) is 0 Å². The zero-order valence-electron chi connectivity index (χ0n) is 10.6. The summed E-state index contributed by atoms with van der Waals surface area (Å²) in [5.74, 6) is -0.281. The van der Waals surface area contributed by atoms with Crippen LogP contribution in [0.3, 0.4) is 0 Å². The summed E-state index contributed by atoms with van der Waals surface area (Å²) in [5, 5.41) is 16.9. The molecule has 0 aliphatic carbocycles. The molecular weight excluding hydrogens is 312 g/mol. The highest BCUT2D eigenvalue weighted by atomic mass is 32.1. The van der Waals surface area contributed by atoms with Crippen LogP contribution in [-0.4, -0.2) is 21.2 Å². The Balaban J connectivity index is 1.83. The van der Waals surface area contributed by atoms with E-state index in [1.165, 1.54) is 17.4 Å². The fourth-order valence-corrected chi connectivity index (χ4v) is 2.84. The predicted octanol–water partition coefficient (Wildman–Crippen LogP) is 2.69. The molecule has 2 aromatic heterocycles. The zero-order chi connectivity index (χ0) is 14.4. The largest absolute Gasteiger partial charge is 0.307 e. The molecule has 0 aliphatic heterocycles. The van der Waals surface area contributed by atoms with Crippen LogP contribution in [0.5, 0.6) is 0 Å².